The van der Waals surface area contributed by atoms with Gasteiger partial charge in [0.05, 0.1) is 5.69 Å². The molecule has 0 N–H and O–H groups in total. The zero-order valence-electron chi connectivity index (χ0n) is 13.0. The summed E-state index contributed by atoms with van der Waals surface area (Å²) in [5.74, 6) is 0.863. The fourth-order valence-electron chi connectivity index (χ4n) is 2.46. The smallest absolute Gasteiger partial charge is 0.246 e. The van der Waals surface area contributed by atoms with Crippen LogP contribution >= 0.6 is 0 Å². The van der Waals surface area contributed by atoms with Gasteiger partial charge in [-0.3, -0.25) is 9.48 Å². The lowest BCUT2D eigenvalue weighted by Gasteiger charge is -2.20. The highest BCUT2D eigenvalue weighted by atomic mass is 16.2. The summed E-state index contributed by atoms with van der Waals surface area (Å²) < 4.78 is 1.85. The van der Waals surface area contributed by atoms with E-state index < -0.39 is 0 Å². The number of nitrogens with zero attached hydrogens (tertiary/aromatic N) is 3. The van der Waals surface area contributed by atoms with Crippen molar-refractivity contribution in [2.45, 2.75) is 40.0 Å². The SMILES string of the molecule is CCCN(CC1CC1)C(=O)/C=C/c1c(C)nn(C)c1C. The predicted octanol–water partition coefficient (Wildman–Crippen LogP) is 2.70. The fourth-order valence-corrected chi connectivity index (χ4v) is 2.46. The highest BCUT2D eigenvalue weighted by molar-refractivity contribution is 5.92. The molecule has 1 aromatic rings. The molecular formula is C16H25N3O. The third-order valence-corrected chi connectivity index (χ3v) is 3.94. The van der Waals surface area contributed by atoms with Gasteiger partial charge >= 0.3 is 0 Å². The third kappa shape index (κ3) is 3.50. The summed E-state index contributed by atoms with van der Waals surface area (Å²) in [5.41, 5.74) is 3.12. The molecule has 0 aromatic carbocycles. The molecule has 1 heterocycles. The van der Waals surface area contributed by atoms with Crippen molar-refractivity contribution in [3.63, 3.8) is 0 Å². The molecule has 0 saturated heterocycles. The number of hydrogen-bond acceptors (Lipinski definition) is 2. The second-order valence-electron chi connectivity index (χ2n) is 5.77. The van der Waals surface area contributed by atoms with E-state index in [1.54, 1.807) is 6.08 Å². The zero-order chi connectivity index (χ0) is 14.7. The quantitative estimate of drug-likeness (QED) is 0.749. The first-order valence-corrected chi connectivity index (χ1v) is 7.50. The molecule has 0 spiro atoms. The van der Waals surface area contributed by atoms with Crippen molar-refractivity contribution >= 4 is 12.0 Å². The molecule has 1 fully saturated rings. The van der Waals surface area contributed by atoms with Gasteiger partial charge in [0.2, 0.25) is 5.91 Å². The average molecular weight is 275 g/mol. The van der Waals surface area contributed by atoms with Gasteiger partial charge in [0, 0.05) is 37.5 Å². The summed E-state index contributed by atoms with van der Waals surface area (Å²) in [4.78, 5) is 14.3. The second-order valence-corrected chi connectivity index (χ2v) is 5.77. The van der Waals surface area contributed by atoms with E-state index in [9.17, 15) is 4.79 Å². The normalized spacial score (nSPS) is 15.0. The number of amides is 1. The van der Waals surface area contributed by atoms with Crippen molar-refractivity contribution in [2.24, 2.45) is 13.0 Å². The van der Waals surface area contributed by atoms with Crippen LogP contribution in [-0.2, 0) is 11.8 Å². The molecule has 0 radical (unpaired) electrons. The number of aromatic nitrogens is 2. The van der Waals surface area contributed by atoms with Gasteiger partial charge in [0.25, 0.3) is 0 Å². The second kappa shape index (κ2) is 6.25. The first kappa shape index (κ1) is 14.8. The van der Waals surface area contributed by atoms with Crippen molar-refractivity contribution in [1.82, 2.24) is 14.7 Å². The van der Waals surface area contributed by atoms with E-state index in [0.717, 1.165) is 42.4 Å². The van der Waals surface area contributed by atoms with Crippen LogP contribution in [0.5, 0.6) is 0 Å². The molecule has 0 atom stereocenters. The Labute approximate surface area is 121 Å². The fraction of sp³-hybridized carbons (Fsp3) is 0.625. The molecule has 110 valence electrons. The Bertz CT molecular complexity index is 512. The van der Waals surface area contributed by atoms with Crippen LogP contribution in [0.3, 0.4) is 0 Å². The minimum atomic E-state index is 0.126. The maximum Gasteiger partial charge on any atom is 0.246 e. The van der Waals surface area contributed by atoms with Crippen LogP contribution in [0.15, 0.2) is 6.08 Å². The van der Waals surface area contributed by atoms with Crippen molar-refractivity contribution in [2.75, 3.05) is 13.1 Å². The number of aryl methyl sites for hydroxylation is 2. The summed E-state index contributed by atoms with van der Waals surface area (Å²) in [6.07, 6.45) is 7.18. The van der Waals surface area contributed by atoms with E-state index in [2.05, 4.69) is 12.0 Å². The maximum atomic E-state index is 12.3. The van der Waals surface area contributed by atoms with E-state index in [0.29, 0.717) is 0 Å². The monoisotopic (exact) mass is 275 g/mol. The molecule has 1 aromatic heterocycles. The number of carbonyl (C=O) groups excluding carboxylic acids is 1. The molecule has 20 heavy (non-hydrogen) atoms. The van der Waals surface area contributed by atoms with E-state index in [1.807, 2.05) is 36.6 Å². The lowest BCUT2D eigenvalue weighted by Crippen LogP contribution is -2.32. The lowest BCUT2D eigenvalue weighted by molar-refractivity contribution is -0.126. The summed E-state index contributed by atoms with van der Waals surface area (Å²) in [6.45, 7) is 7.89. The molecule has 4 nitrogen and oxygen atoms in total. The van der Waals surface area contributed by atoms with Crippen LogP contribution in [0.4, 0.5) is 0 Å². The van der Waals surface area contributed by atoms with Gasteiger partial charge in [-0.2, -0.15) is 5.10 Å². The minimum absolute atomic E-state index is 0.126. The Balaban J connectivity index is 2.05. The van der Waals surface area contributed by atoms with Crippen LogP contribution in [0.2, 0.25) is 0 Å². The average Bonchev–Trinajstić information content (AvgIpc) is 3.17. The number of carbonyl (C=O) groups is 1. The predicted molar refractivity (Wildman–Crippen MR) is 81.3 cm³/mol. The Kier molecular flexibility index (Phi) is 4.63. The molecule has 1 amide bonds. The maximum absolute atomic E-state index is 12.3. The Morgan fingerprint density at radius 2 is 2.15 bits per heavy atom. The van der Waals surface area contributed by atoms with E-state index in [-0.39, 0.29) is 5.91 Å². The van der Waals surface area contributed by atoms with Crippen molar-refractivity contribution in [3.05, 3.63) is 23.0 Å². The number of hydrogen-bond donors (Lipinski definition) is 0. The van der Waals surface area contributed by atoms with Gasteiger partial charge in [-0.15, -0.1) is 0 Å². The van der Waals surface area contributed by atoms with Crippen LogP contribution in [0.25, 0.3) is 6.08 Å². The van der Waals surface area contributed by atoms with Gasteiger partial charge < -0.3 is 4.90 Å². The molecule has 2 rings (SSSR count). The molecule has 0 bridgehead atoms. The van der Waals surface area contributed by atoms with Crippen LogP contribution < -0.4 is 0 Å². The third-order valence-electron chi connectivity index (χ3n) is 3.94. The van der Waals surface area contributed by atoms with Gasteiger partial charge in [-0.1, -0.05) is 6.92 Å². The molecule has 1 aliphatic carbocycles. The molecule has 0 aliphatic heterocycles. The molecule has 4 heteroatoms. The molecule has 1 saturated carbocycles. The largest absolute Gasteiger partial charge is 0.339 e. The van der Waals surface area contributed by atoms with Crippen LogP contribution in [0.1, 0.15) is 43.1 Å². The molecule has 1 aliphatic rings. The van der Waals surface area contributed by atoms with E-state index >= 15 is 0 Å². The molecule has 0 unspecified atom stereocenters. The first-order chi connectivity index (χ1) is 9.52. The Morgan fingerprint density at radius 1 is 1.45 bits per heavy atom. The van der Waals surface area contributed by atoms with Gasteiger partial charge in [-0.25, -0.2) is 0 Å². The minimum Gasteiger partial charge on any atom is -0.339 e. The van der Waals surface area contributed by atoms with Crippen molar-refractivity contribution < 1.29 is 4.79 Å². The standard InChI is InChI=1S/C16H25N3O/c1-5-10-19(11-14-6-7-14)16(20)9-8-15-12(2)17-18(4)13(15)3/h8-9,14H,5-7,10-11H2,1-4H3/b9-8+. The van der Waals surface area contributed by atoms with Gasteiger partial charge in [-0.05, 0) is 45.1 Å². The zero-order valence-corrected chi connectivity index (χ0v) is 13.0. The highest BCUT2D eigenvalue weighted by Gasteiger charge is 2.25. The number of rotatable bonds is 6. The lowest BCUT2D eigenvalue weighted by atomic mass is 10.2. The molecular weight excluding hydrogens is 250 g/mol. The summed E-state index contributed by atoms with van der Waals surface area (Å²) in [6, 6.07) is 0. The summed E-state index contributed by atoms with van der Waals surface area (Å²) in [7, 11) is 1.93. The summed E-state index contributed by atoms with van der Waals surface area (Å²) >= 11 is 0. The van der Waals surface area contributed by atoms with E-state index in [1.165, 1.54) is 12.8 Å². The summed E-state index contributed by atoms with van der Waals surface area (Å²) in [5, 5.41) is 4.37. The van der Waals surface area contributed by atoms with Crippen LogP contribution in [-0.4, -0.2) is 33.7 Å². The topological polar surface area (TPSA) is 38.1 Å². The Morgan fingerprint density at radius 3 is 2.65 bits per heavy atom. The van der Waals surface area contributed by atoms with Gasteiger partial charge in [0.15, 0.2) is 0 Å². The van der Waals surface area contributed by atoms with Crippen LogP contribution in [0, 0.1) is 19.8 Å². The van der Waals surface area contributed by atoms with Gasteiger partial charge in [0.1, 0.15) is 0 Å². The Hall–Kier alpha value is -1.58. The first-order valence-electron chi connectivity index (χ1n) is 7.50. The van der Waals surface area contributed by atoms with Crippen molar-refractivity contribution in [1.29, 1.82) is 0 Å². The van der Waals surface area contributed by atoms with Crippen molar-refractivity contribution in [3.8, 4) is 0 Å². The highest BCUT2D eigenvalue weighted by Crippen LogP contribution is 2.29. The van der Waals surface area contributed by atoms with E-state index in [4.69, 9.17) is 0 Å².